The molecule has 188 valence electrons. The molecule has 3 aliphatic rings. The van der Waals surface area contributed by atoms with E-state index in [0.717, 1.165) is 86.6 Å². The number of thiazole rings is 1. The lowest BCUT2D eigenvalue weighted by molar-refractivity contribution is 0.388. The normalized spacial score (nSPS) is 18.2. The zero-order valence-electron chi connectivity index (χ0n) is 20.2. The molecule has 6 rings (SSSR count). The van der Waals surface area contributed by atoms with Gasteiger partial charge in [-0.25, -0.2) is 4.98 Å². The highest BCUT2D eigenvalue weighted by Gasteiger charge is 2.26. The van der Waals surface area contributed by atoms with Crippen LogP contribution >= 0.6 is 23.6 Å². The molecular weight excluding hydrogens is 492 g/mol. The van der Waals surface area contributed by atoms with E-state index in [2.05, 4.69) is 34.9 Å². The number of anilines is 4. The molecule has 0 unspecified atom stereocenters. The first-order chi connectivity index (χ1) is 17.7. The number of nitrogens with zero attached hydrogens (tertiary/aromatic N) is 9. The summed E-state index contributed by atoms with van der Waals surface area (Å²) in [4.78, 5) is 32.6. The van der Waals surface area contributed by atoms with Crippen molar-refractivity contribution < 1.29 is 0 Å². The molecule has 3 fully saturated rings. The van der Waals surface area contributed by atoms with E-state index in [0.29, 0.717) is 5.11 Å². The summed E-state index contributed by atoms with van der Waals surface area (Å²) in [6.07, 6.45) is 8.39. The highest BCUT2D eigenvalue weighted by molar-refractivity contribution is 7.80. The Morgan fingerprint density at radius 3 is 1.92 bits per heavy atom. The van der Waals surface area contributed by atoms with Gasteiger partial charge >= 0.3 is 0 Å². The Morgan fingerprint density at radius 2 is 1.36 bits per heavy atom. The van der Waals surface area contributed by atoms with E-state index < -0.39 is 0 Å². The van der Waals surface area contributed by atoms with Gasteiger partial charge in [-0.05, 0) is 50.0 Å². The fourth-order valence-corrected chi connectivity index (χ4v) is 5.92. The molecule has 36 heavy (non-hydrogen) atoms. The second kappa shape index (κ2) is 10.5. The fourth-order valence-electron chi connectivity index (χ4n) is 4.86. The molecular formula is C24H30N10S2. The molecule has 3 aromatic heterocycles. The average Bonchev–Trinajstić information content (AvgIpc) is 3.72. The molecule has 0 spiro atoms. The van der Waals surface area contributed by atoms with Crippen LogP contribution in [-0.4, -0.2) is 87.3 Å². The number of rotatable bonds is 5. The molecule has 0 bridgehead atoms. The standard InChI is InChI=1S/C24H30N10S2/c35-24(30-23-26-19(17-36-23)18-6-5-7-25-16-18)34-14-12-33(13-15-34)22-28-20(31-8-1-2-9-31)27-21(29-22)32-10-3-4-11-32/h5-7,16-17H,1-4,8-15H2,(H,26,30,35). The van der Waals surface area contributed by atoms with Gasteiger partial charge in [-0.15, -0.1) is 11.3 Å². The van der Waals surface area contributed by atoms with Gasteiger partial charge in [0.25, 0.3) is 0 Å². The van der Waals surface area contributed by atoms with Crippen molar-refractivity contribution in [3.8, 4) is 11.3 Å². The molecule has 0 amide bonds. The monoisotopic (exact) mass is 522 g/mol. The van der Waals surface area contributed by atoms with Gasteiger partial charge in [0.15, 0.2) is 10.2 Å². The van der Waals surface area contributed by atoms with Crippen LogP contribution < -0.4 is 20.0 Å². The molecule has 12 heteroatoms. The Labute approximate surface area is 220 Å². The van der Waals surface area contributed by atoms with Crippen molar-refractivity contribution in [3.63, 3.8) is 0 Å². The zero-order valence-corrected chi connectivity index (χ0v) is 21.8. The third-order valence-corrected chi connectivity index (χ3v) is 8.02. The lowest BCUT2D eigenvalue weighted by Gasteiger charge is -2.36. The predicted octanol–water partition coefficient (Wildman–Crippen LogP) is 3.11. The molecule has 0 atom stereocenters. The topological polar surface area (TPSA) is 89.4 Å². The van der Waals surface area contributed by atoms with Gasteiger partial charge in [-0.2, -0.15) is 15.0 Å². The van der Waals surface area contributed by atoms with Crippen molar-refractivity contribution >= 4 is 51.6 Å². The van der Waals surface area contributed by atoms with Crippen molar-refractivity contribution in [2.24, 2.45) is 0 Å². The SMILES string of the molecule is S=C(Nc1nc(-c2cccnc2)cs1)N1CCN(c2nc(N3CCCC3)nc(N3CCCC3)n2)CC1. The number of pyridine rings is 1. The summed E-state index contributed by atoms with van der Waals surface area (Å²) >= 11 is 7.27. The van der Waals surface area contributed by atoms with E-state index in [1.807, 2.05) is 23.7 Å². The van der Waals surface area contributed by atoms with E-state index in [9.17, 15) is 0 Å². The minimum Gasteiger partial charge on any atom is -0.345 e. The maximum atomic E-state index is 5.72. The summed E-state index contributed by atoms with van der Waals surface area (Å²) in [6, 6.07) is 3.93. The zero-order chi connectivity index (χ0) is 24.3. The van der Waals surface area contributed by atoms with E-state index in [-0.39, 0.29) is 0 Å². The quantitative estimate of drug-likeness (QED) is 0.501. The van der Waals surface area contributed by atoms with Crippen LogP contribution in [-0.2, 0) is 0 Å². The van der Waals surface area contributed by atoms with Gasteiger partial charge in [0.2, 0.25) is 17.8 Å². The lowest BCUT2D eigenvalue weighted by atomic mass is 10.2. The first-order valence-electron chi connectivity index (χ1n) is 12.7. The van der Waals surface area contributed by atoms with Gasteiger partial charge in [-0.3, -0.25) is 4.98 Å². The van der Waals surface area contributed by atoms with Gasteiger partial charge in [0.1, 0.15) is 0 Å². The van der Waals surface area contributed by atoms with Crippen LogP contribution in [0.1, 0.15) is 25.7 Å². The molecule has 3 aliphatic heterocycles. The summed E-state index contributed by atoms with van der Waals surface area (Å²) in [5.41, 5.74) is 1.90. The van der Waals surface area contributed by atoms with Gasteiger partial charge < -0.3 is 24.9 Å². The minimum atomic E-state index is 0.702. The maximum Gasteiger partial charge on any atom is 0.232 e. The second-order valence-electron chi connectivity index (χ2n) is 9.31. The van der Waals surface area contributed by atoms with Crippen LogP contribution in [0.5, 0.6) is 0 Å². The highest BCUT2D eigenvalue weighted by atomic mass is 32.1. The van der Waals surface area contributed by atoms with E-state index in [1.165, 1.54) is 25.7 Å². The molecule has 0 saturated carbocycles. The summed E-state index contributed by atoms with van der Waals surface area (Å²) < 4.78 is 0. The largest absolute Gasteiger partial charge is 0.345 e. The van der Waals surface area contributed by atoms with Crippen LogP contribution in [0.25, 0.3) is 11.3 Å². The first-order valence-corrected chi connectivity index (χ1v) is 13.9. The number of thiocarbonyl (C=S) groups is 1. The van der Waals surface area contributed by atoms with Crippen molar-refractivity contribution in [1.82, 2.24) is 29.8 Å². The smallest absolute Gasteiger partial charge is 0.232 e. The third-order valence-electron chi connectivity index (χ3n) is 6.90. The Kier molecular flexibility index (Phi) is 6.77. The van der Waals surface area contributed by atoms with Crippen molar-refractivity contribution in [1.29, 1.82) is 0 Å². The minimum absolute atomic E-state index is 0.702. The number of nitrogens with one attached hydrogen (secondary N) is 1. The Hall–Kier alpha value is -3.12. The molecule has 0 aliphatic carbocycles. The van der Waals surface area contributed by atoms with E-state index in [1.54, 1.807) is 17.5 Å². The van der Waals surface area contributed by atoms with Gasteiger partial charge in [0, 0.05) is 75.7 Å². The van der Waals surface area contributed by atoms with Gasteiger partial charge in [0.05, 0.1) is 5.69 Å². The van der Waals surface area contributed by atoms with Crippen molar-refractivity contribution in [3.05, 3.63) is 29.9 Å². The van der Waals surface area contributed by atoms with Crippen LogP contribution in [0.3, 0.4) is 0 Å². The molecule has 3 aromatic rings. The summed E-state index contributed by atoms with van der Waals surface area (Å²) in [6.45, 7) is 7.32. The van der Waals surface area contributed by atoms with Crippen LogP contribution in [0, 0.1) is 0 Å². The maximum absolute atomic E-state index is 5.72. The molecule has 0 radical (unpaired) electrons. The fraction of sp³-hybridized carbons (Fsp3) is 0.500. The Morgan fingerprint density at radius 1 is 0.778 bits per heavy atom. The number of hydrogen-bond acceptors (Lipinski definition) is 10. The van der Waals surface area contributed by atoms with E-state index >= 15 is 0 Å². The van der Waals surface area contributed by atoms with Gasteiger partial charge in [-0.1, -0.05) is 0 Å². The number of hydrogen-bond donors (Lipinski definition) is 1. The molecule has 10 nitrogen and oxygen atoms in total. The van der Waals surface area contributed by atoms with Crippen LogP contribution in [0.2, 0.25) is 0 Å². The second-order valence-corrected chi connectivity index (χ2v) is 10.6. The van der Waals surface area contributed by atoms with Crippen molar-refractivity contribution in [2.45, 2.75) is 25.7 Å². The summed E-state index contributed by atoms with van der Waals surface area (Å²) in [5.74, 6) is 2.44. The van der Waals surface area contributed by atoms with E-state index in [4.69, 9.17) is 27.2 Å². The molecule has 6 heterocycles. The first kappa shape index (κ1) is 23.3. The van der Waals surface area contributed by atoms with Crippen LogP contribution in [0.15, 0.2) is 29.9 Å². The molecule has 3 saturated heterocycles. The average molecular weight is 523 g/mol. The van der Waals surface area contributed by atoms with Crippen molar-refractivity contribution in [2.75, 3.05) is 72.4 Å². The summed E-state index contributed by atoms with van der Waals surface area (Å²) in [7, 11) is 0. The molecule has 0 aromatic carbocycles. The lowest BCUT2D eigenvalue weighted by Crippen LogP contribution is -2.50. The summed E-state index contributed by atoms with van der Waals surface area (Å²) in [5, 5.41) is 6.84. The Bertz CT molecular complexity index is 1150. The molecule has 1 N–H and O–H groups in total. The van der Waals surface area contributed by atoms with Crippen LogP contribution in [0.4, 0.5) is 23.0 Å². The number of aromatic nitrogens is 5. The predicted molar refractivity (Wildman–Crippen MR) is 148 cm³/mol. The third kappa shape index (κ3) is 5.05. The number of piperazine rings is 1. The highest BCUT2D eigenvalue weighted by Crippen LogP contribution is 2.26. The Balaban J connectivity index is 1.11.